The fourth-order valence-electron chi connectivity index (χ4n) is 4.64. The minimum atomic E-state index is -0.215. The molecule has 2 bridgehead atoms. The highest BCUT2D eigenvalue weighted by molar-refractivity contribution is 8.26. The van der Waals surface area contributed by atoms with Gasteiger partial charge in [-0.05, 0) is 30.2 Å². The number of thioether (sulfide) groups is 2. The lowest BCUT2D eigenvalue weighted by Crippen LogP contribution is -2.38. The van der Waals surface area contributed by atoms with E-state index >= 15 is 0 Å². The van der Waals surface area contributed by atoms with Crippen LogP contribution < -0.4 is 11.4 Å². The summed E-state index contributed by atoms with van der Waals surface area (Å²) in [5.74, 6) is 0. The number of hydrogen-bond donors (Lipinski definition) is 0. The van der Waals surface area contributed by atoms with E-state index in [1.807, 2.05) is 72.1 Å². The fraction of sp³-hybridized carbons (Fsp3) is 0.238. The average molecular weight is 408 g/mol. The van der Waals surface area contributed by atoms with Gasteiger partial charge >= 0.3 is 11.4 Å². The Kier molecular flexibility index (Phi) is 3.58. The number of benzene rings is 2. The number of hydrogen-bond acceptors (Lipinski definition) is 4. The maximum Gasteiger partial charge on any atom is 0.352 e. The first-order valence-electron chi connectivity index (χ1n) is 9.34. The number of aromatic nitrogens is 3. The van der Waals surface area contributed by atoms with Gasteiger partial charge in [-0.15, -0.1) is 23.5 Å². The predicted octanol–water partition coefficient (Wildman–Crippen LogP) is 3.52. The summed E-state index contributed by atoms with van der Waals surface area (Å²) in [5, 5.41) is 0.683. The van der Waals surface area contributed by atoms with E-state index in [-0.39, 0.29) is 23.5 Å². The van der Waals surface area contributed by atoms with Crippen molar-refractivity contribution in [3.63, 3.8) is 0 Å². The maximum atomic E-state index is 13.1. The Labute approximate surface area is 169 Å². The van der Waals surface area contributed by atoms with E-state index in [1.54, 1.807) is 9.36 Å². The van der Waals surface area contributed by atoms with Gasteiger partial charge in [0.1, 0.15) is 0 Å². The van der Waals surface area contributed by atoms with Gasteiger partial charge in [0.15, 0.2) is 0 Å². The molecule has 0 spiro atoms. The molecule has 5 nitrogen and oxygen atoms in total. The molecule has 3 heterocycles. The third-order valence-corrected chi connectivity index (χ3v) is 9.01. The fourth-order valence-corrected chi connectivity index (χ4v) is 8.21. The molecule has 140 valence electrons. The first-order valence-corrected chi connectivity index (χ1v) is 11.1. The van der Waals surface area contributed by atoms with Gasteiger partial charge in [-0.3, -0.25) is 0 Å². The Morgan fingerprint density at radius 2 is 1.32 bits per heavy atom. The SMILES string of the molecule is O=c1n(-c2ccccc2)c(=O)n2n1[C@@H]1C[C@H]2[C@H]2SC(=Cc3ccccc3)S[C@H]21. The van der Waals surface area contributed by atoms with Crippen molar-refractivity contribution in [3.05, 3.63) is 91.4 Å². The zero-order chi connectivity index (χ0) is 18.8. The Bertz CT molecular complexity index is 1160. The molecule has 2 aliphatic heterocycles. The highest BCUT2D eigenvalue weighted by atomic mass is 32.2. The van der Waals surface area contributed by atoms with Crippen LogP contribution in [0.15, 0.2) is 74.5 Å². The second kappa shape index (κ2) is 6.06. The molecule has 0 radical (unpaired) electrons. The monoisotopic (exact) mass is 407 g/mol. The first kappa shape index (κ1) is 16.6. The average Bonchev–Trinajstić information content (AvgIpc) is 3.43. The summed E-state index contributed by atoms with van der Waals surface area (Å²) in [6.07, 6.45) is 3.10. The predicted molar refractivity (Wildman–Crippen MR) is 114 cm³/mol. The summed E-state index contributed by atoms with van der Waals surface area (Å²) in [5.41, 5.74) is 1.40. The van der Waals surface area contributed by atoms with Crippen LogP contribution in [0, 0.1) is 0 Å². The van der Waals surface area contributed by atoms with Crippen LogP contribution >= 0.6 is 23.5 Å². The van der Waals surface area contributed by atoms with E-state index in [0.29, 0.717) is 16.2 Å². The lowest BCUT2D eigenvalue weighted by molar-refractivity contribution is 0.391. The minimum Gasteiger partial charge on any atom is -0.245 e. The summed E-state index contributed by atoms with van der Waals surface area (Å²) < 4.78 is 6.04. The Hall–Kier alpha value is -2.38. The Morgan fingerprint density at radius 3 is 1.89 bits per heavy atom. The summed E-state index contributed by atoms with van der Waals surface area (Å²) in [4.78, 5) is 26.2. The van der Waals surface area contributed by atoms with Crippen LogP contribution in [-0.4, -0.2) is 24.4 Å². The highest BCUT2D eigenvalue weighted by Crippen LogP contribution is 2.62. The molecule has 0 N–H and O–H groups in total. The van der Waals surface area contributed by atoms with Crippen molar-refractivity contribution in [2.24, 2.45) is 0 Å². The number of rotatable bonds is 2. The van der Waals surface area contributed by atoms with Gasteiger partial charge < -0.3 is 0 Å². The zero-order valence-electron chi connectivity index (χ0n) is 14.8. The Balaban J connectivity index is 1.40. The van der Waals surface area contributed by atoms with E-state index in [9.17, 15) is 9.59 Å². The number of fused-ring (bicyclic) bond motifs is 8. The zero-order valence-corrected chi connectivity index (χ0v) is 16.5. The van der Waals surface area contributed by atoms with E-state index in [4.69, 9.17) is 0 Å². The normalized spacial score (nSPS) is 28.6. The maximum absolute atomic E-state index is 13.1. The molecule has 28 heavy (non-hydrogen) atoms. The van der Waals surface area contributed by atoms with E-state index in [0.717, 1.165) is 6.42 Å². The standard InChI is InChI=1S/C21H17N3O2S2/c25-20-22(14-9-5-2-6-10-14)21(26)24-16-12-15(23(20)24)18-19(16)28-17(27-18)11-13-7-3-1-4-8-13/h1-11,15-16,18-19H,12H2/t15-,16+,18+,19-. The lowest BCUT2D eigenvalue weighted by atomic mass is 10.2. The molecular formula is C21H17N3O2S2. The van der Waals surface area contributed by atoms with Crippen LogP contribution in [0.3, 0.4) is 0 Å². The van der Waals surface area contributed by atoms with Gasteiger partial charge in [0.25, 0.3) is 0 Å². The molecule has 0 amide bonds. The van der Waals surface area contributed by atoms with E-state index < -0.39 is 0 Å². The van der Waals surface area contributed by atoms with Gasteiger partial charge in [-0.1, -0.05) is 48.5 Å². The van der Waals surface area contributed by atoms with Gasteiger partial charge in [0.05, 0.1) is 17.8 Å². The highest BCUT2D eigenvalue weighted by Gasteiger charge is 2.57. The molecule has 2 aromatic carbocycles. The number of nitrogens with zero attached hydrogens (tertiary/aromatic N) is 3. The largest absolute Gasteiger partial charge is 0.352 e. The second-order valence-corrected chi connectivity index (χ2v) is 10.0. The summed E-state index contributed by atoms with van der Waals surface area (Å²) in [7, 11) is 0. The minimum absolute atomic E-state index is 0.0827. The molecule has 1 saturated carbocycles. The third-order valence-electron chi connectivity index (χ3n) is 5.80. The van der Waals surface area contributed by atoms with Crippen molar-refractivity contribution in [3.8, 4) is 5.69 Å². The van der Waals surface area contributed by atoms with Crippen molar-refractivity contribution in [2.75, 3.05) is 0 Å². The molecule has 3 aliphatic rings. The third kappa shape index (κ3) is 2.23. The van der Waals surface area contributed by atoms with E-state index in [2.05, 4.69) is 18.2 Å². The Morgan fingerprint density at radius 1 is 0.786 bits per heavy atom. The first-order chi connectivity index (χ1) is 13.7. The lowest BCUT2D eigenvalue weighted by Gasteiger charge is -2.24. The van der Waals surface area contributed by atoms with Crippen LogP contribution in [0.25, 0.3) is 11.8 Å². The molecule has 7 heteroatoms. The van der Waals surface area contributed by atoms with Crippen LogP contribution in [0.1, 0.15) is 24.1 Å². The molecule has 3 aromatic rings. The van der Waals surface area contributed by atoms with Crippen molar-refractivity contribution in [2.45, 2.75) is 29.0 Å². The van der Waals surface area contributed by atoms with Gasteiger partial charge in [-0.25, -0.2) is 23.5 Å². The smallest absolute Gasteiger partial charge is 0.245 e. The van der Waals surface area contributed by atoms with Crippen LogP contribution in [-0.2, 0) is 0 Å². The molecule has 4 atom stereocenters. The van der Waals surface area contributed by atoms with Crippen molar-refractivity contribution in [1.29, 1.82) is 0 Å². The molecule has 0 unspecified atom stereocenters. The van der Waals surface area contributed by atoms with Crippen LogP contribution in [0.5, 0.6) is 0 Å². The quantitative estimate of drug-likeness (QED) is 0.652. The molecular weight excluding hydrogens is 390 g/mol. The van der Waals surface area contributed by atoms with Gasteiger partial charge in [0, 0.05) is 14.7 Å². The van der Waals surface area contributed by atoms with Crippen molar-refractivity contribution < 1.29 is 0 Å². The van der Waals surface area contributed by atoms with Crippen LogP contribution in [0.2, 0.25) is 0 Å². The van der Waals surface area contributed by atoms with Gasteiger partial charge in [-0.2, -0.15) is 0 Å². The molecule has 1 aliphatic carbocycles. The topological polar surface area (TPSA) is 48.9 Å². The van der Waals surface area contributed by atoms with Gasteiger partial charge in [0.2, 0.25) is 0 Å². The van der Waals surface area contributed by atoms with E-state index in [1.165, 1.54) is 14.4 Å². The van der Waals surface area contributed by atoms with Crippen LogP contribution in [0.4, 0.5) is 0 Å². The molecule has 6 rings (SSSR count). The summed E-state index contributed by atoms with van der Waals surface area (Å²) >= 11 is 3.72. The molecule has 1 saturated heterocycles. The van der Waals surface area contributed by atoms with Crippen molar-refractivity contribution >= 4 is 29.6 Å². The second-order valence-electron chi connectivity index (χ2n) is 7.33. The summed E-state index contributed by atoms with van der Waals surface area (Å²) in [6.45, 7) is 0. The number of para-hydroxylation sites is 1. The molecule has 1 aromatic heterocycles. The molecule has 2 fully saturated rings. The summed E-state index contributed by atoms with van der Waals surface area (Å²) in [6, 6.07) is 19.7. The van der Waals surface area contributed by atoms with Crippen molar-refractivity contribution in [1.82, 2.24) is 13.9 Å².